The molecule has 13 heavy (non-hydrogen) atoms. The van der Waals surface area contributed by atoms with E-state index in [0.717, 1.165) is 22.0 Å². The molecule has 5 heteroatoms. The predicted molar refractivity (Wildman–Crippen MR) is 51.9 cm³/mol. The summed E-state index contributed by atoms with van der Waals surface area (Å²) < 4.78 is 1.97. The van der Waals surface area contributed by atoms with E-state index in [4.69, 9.17) is 5.21 Å². The van der Waals surface area contributed by atoms with Crippen molar-refractivity contribution in [2.45, 2.75) is 13.8 Å². The molecule has 0 fully saturated rings. The fraction of sp³-hybridized carbons (Fsp3) is 0.250. The Hall–Kier alpha value is -1.36. The van der Waals surface area contributed by atoms with E-state index in [1.165, 1.54) is 6.21 Å². The van der Waals surface area contributed by atoms with Gasteiger partial charge in [0.2, 0.25) is 0 Å². The molecule has 1 N–H and O–H groups in total. The lowest BCUT2D eigenvalue weighted by Crippen LogP contribution is -1.93. The SMILES string of the molecule is Cc1nc2scc(C)n2c1/C=N\O. The van der Waals surface area contributed by atoms with Gasteiger partial charge in [-0.15, -0.1) is 11.3 Å². The lowest BCUT2D eigenvalue weighted by molar-refractivity contribution is 0.321. The molecule has 0 radical (unpaired) electrons. The Balaban J connectivity index is 2.81. The molecule has 0 aromatic carbocycles. The van der Waals surface area contributed by atoms with Crippen molar-refractivity contribution in [2.75, 3.05) is 0 Å². The molecule has 2 heterocycles. The Labute approximate surface area is 79.1 Å². The van der Waals surface area contributed by atoms with Crippen LogP contribution in [-0.2, 0) is 0 Å². The maximum absolute atomic E-state index is 8.48. The van der Waals surface area contributed by atoms with Gasteiger partial charge in [0.25, 0.3) is 0 Å². The third kappa shape index (κ3) is 1.12. The Morgan fingerprint density at radius 1 is 1.62 bits per heavy atom. The van der Waals surface area contributed by atoms with Gasteiger partial charge in [-0.3, -0.25) is 4.40 Å². The Morgan fingerprint density at radius 3 is 3.08 bits per heavy atom. The summed E-state index contributed by atoms with van der Waals surface area (Å²) in [6.07, 6.45) is 1.41. The van der Waals surface area contributed by atoms with E-state index in [-0.39, 0.29) is 0 Å². The second kappa shape index (κ2) is 2.85. The van der Waals surface area contributed by atoms with Crippen molar-refractivity contribution in [3.8, 4) is 0 Å². The molecule has 0 saturated carbocycles. The monoisotopic (exact) mass is 195 g/mol. The minimum atomic E-state index is 0.844. The first-order valence-electron chi connectivity index (χ1n) is 3.84. The van der Waals surface area contributed by atoms with Crippen LogP contribution in [0.2, 0.25) is 0 Å². The number of nitrogens with zero attached hydrogens (tertiary/aromatic N) is 3. The maximum atomic E-state index is 8.48. The first-order chi connectivity index (χ1) is 6.24. The van der Waals surface area contributed by atoms with Gasteiger partial charge < -0.3 is 5.21 Å². The Morgan fingerprint density at radius 2 is 2.38 bits per heavy atom. The number of aryl methyl sites for hydroxylation is 2. The molecular weight excluding hydrogens is 186 g/mol. The second-order valence-corrected chi connectivity index (χ2v) is 3.66. The van der Waals surface area contributed by atoms with Gasteiger partial charge in [0.05, 0.1) is 17.6 Å². The van der Waals surface area contributed by atoms with E-state index in [2.05, 4.69) is 10.1 Å². The van der Waals surface area contributed by atoms with Crippen LogP contribution < -0.4 is 0 Å². The van der Waals surface area contributed by atoms with Crippen molar-refractivity contribution in [1.29, 1.82) is 0 Å². The van der Waals surface area contributed by atoms with Crippen LogP contribution in [0, 0.1) is 13.8 Å². The van der Waals surface area contributed by atoms with Crippen molar-refractivity contribution in [3.05, 3.63) is 22.5 Å². The van der Waals surface area contributed by atoms with E-state index in [1.807, 2.05) is 23.6 Å². The van der Waals surface area contributed by atoms with Gasteiger partial charge in [0.15, 0.2) is 4.96 Å². The van der Waals surface area contributed by atoms with Gasteiger partial charge in [-0.2, -0.15) is 0 Å². The molecule has 0 aliphatic heterocycles. The summed E-state index contributed by atoms with van der Waals surface area (Å²) in [5, 5.41) is 13.5. The van der Waals surface area contributed by atoms with Crippen molar-refractivity contribution in [3.63, 3.8) is 0 Å². The largest absolute Gasteiger partial charge is 0.411 e. The highest BCUT2D eigenvalue weighted by molar-refractivity contribution is 7.15. The third-order valence-electron chi connectivity index (χ3n) is 1.93. The molecule has 0 atom stereocenters. The number of fused-ring (bicyclic) bond motifs is 1. The van der Waals surface area contributed by atoms with Gasteiger partial charge in [0, 0.05) is 11.1 Å². The van der Waals surface area contributed by atoms with Crippen LogP contribution >= 0.6 is 11.3 Å². The summed E-state index contributed by atoms with van der Waals surface area (Å²) in [6.45, 7) is 3.90. The quantitative estimate of drug-likeness (QED) is 0.428. The van der Waals surface area contributed by atoms with Crippen LogP contribution in [0.5, 0.6) is 0 Å². The Bertz CT molecular complexity index is 469. The van der Waals surface area contributed by atoms with E-state index < -0.39 is 0 Å². The number of thiazole rings is 1. The standard InChI is InChI=1S/C8H9N3OS/c1-5-4-13-8-10-6(2)7(3-9-12)11(5)8/h3-4,12H,1-2H3/b9-3-. The molecule has 2 rings (SSSR count). The highest BCUT2D eigenvalue weighted by Crippen LogP contribution is 2.18. The number of hydrogen-bond acceptors (Lipinski definition) is 4. The van der Waals surface area contributed by atoms with Gasteiger partial charge in [-0.25, -0.2) is 4.98 Å². The van der Waals surface area contributed by atoms with Crippen LogP contribution in [-0.4, -0.2) is 20.8 Å². The molecule has 0 amide bonds. The number of oxime groups is 1. The van der Waals surface area contributed by atoms with E-state index in [0.29, 0.717) is 0 Å². The van der Waals surface area contributed by atoms with Crippen molar-refractivity contribution in [1.82, 2.24) is 9.38 Å². The van der Waals surface area contributed by atoms with Crippen LogP contribution in [0.4, 0.5) is 0 Å². The smallest absolute Gasteiger partial charge is 0.194 e. The highest BCUT2D eigenvalue weighted by atomic mass is 32.1. The number of imidazole rings is 1. The molecule has 2 aromatic rings. The molecule has 0 saturated heterocycles. The number of rotatable bonds is 1. The van der Waals surface area contributed by atoms with Crippen molar-refractivity contribution >= 4 is 22.5 Å². The topological polar surface area (TPSA) is 49.9 Å². The predicted octanol–water partition coefficient (Wildman–Crippen LogP) is 1.82. The zero-order chi connectivity index (χ0) is 9.42. The van der Waals surface area contributed by atoms with Gasteiger partial charge in [-0.1, -0.05) is 5.16 Å². The second-order valence-electron chi connectivity index (χ2n) is 2.82. The molecule has 0 bridgehead atoms. The lowest BCUT2D eigenvalue weighted by atomic mass is 10.3. The highest BCUT2D eigenvalue weighted by Gasteiger charge is 2.09. The average Bonchev–Trinajstić information content (AvgIpc) is 2.57. The minimum absolute atomic E-state index is 0.844. The zero-order valence-corrected chi connectivity index (χ0v) is 8.17. The van der Waals surface area contributed by atoms with E-state index >= 15 is 0 Å². The van der Waals surface area contributed by atoms with Crippen molar-refractivity contribution < 1.29 is 5.21 Å². The van der Waals surface area contributed by atoms with Crippen molar-refractivity contribution in [2.24, 2.45) is 5.16 Å². The molecule has 0 aliphatic rings. The first-order valence-corrected chi connectivity index (χ1v) is 4.72. The fourth-order valence-corrected chi connectivity index (χ4v) is 2.25. The van der Waals surface area contributed by atoms with E-state index in [1.54, 1.807) is 11.3 Å². The van der Waals surface area contributed by atoms with Gasteiger partial charge >= 0.3 is 0 Å². The number of aromatic nitrogens is 2. The fourth-order valence-electron chi connectivity index (χ4n) is 1.33. The number of hydrogen-bond donors (Lipinski definition) is 1. The minimum Gasteiger partial charge on any atom is -0.411 e. The van der Waals surface area contributed by atoms with Crippen LogP contribution in [0.25, 0.3) is 4.96 Å². The van der Waals surface area contributed by atoms with Crippen LogP contribution in [0.3, 0.4) is 0 Å². The zero-order valence-electron chi connectivity index (χ0n) is 7.35. The summed E-state index contributed by atoms with van der Waals surface area (Å²) in [4.78, 5) is 5.27. The summed E-state index contributed by atoms with van der Waals surface area (Å²) in [5.74, 6) is 0. The molecule has 0 unspecified atom stereocenters. The van der Waals surface area contributed by atoms with Gasteiger partial charge in [0.1, 0.15) is 0 Å². The molecule has 0 aliphatic carbocycles. The lowest BCUT2D eigenvalue weighted by Gasteiger charge is -1.93. The van der Waals surface area contributed by atoms with Gasteiger partial charge in [-0.05, 0) is 13.8 Å². The van der Waals surface area contributed by atoms with Crippen LogP contribution in [0.1, 0.15) is 17.1 Å². The average molecular weight is 195 g/mol. The maximum Gasteiger partial charge on any atom is 0.194 e. The summed E-state index contributed by atoms with van der Waals surface area (Å²) in [6, 6.07) is 0. The Kier molecular flexibility index (Phi) is 1.81. The summed E-state index contributed by atoms with van der Waals surface area (Å²) >= 11 is 1.58. The molecule has 0 spiro atoms. The molecule has 2 aromatic heterocycles. The van der Waals surface area contributed by atoms with Crippen LogP contribution in [0.15, 0.2) is 10.5 Å². The molecule has 68 valence electrons. The summed E-state index contributed by atoms with van der Waals surface area (Å²) in [5.41, 5.74) is 2.83. The summed E-state index contributed by atoms with van der Waals surface area (Å²) in [7, 11) is 0. The molecule has 4 nitrogen and oxygen atoms in total. The third-order valence-corrected chi connectivity index (χ3v) is 2.88. The normalized spacial score (nSPS) is 11.8. The first kappa shape index (κ1) is 8.25. The molecular formula is C8H9N3OS. The van der Waals surface area contributed by atoms with E-state index in [9.17, 15) is 0 Å².